The minimum Gasteiger partial charge on any atom is -0.462 e. The maximum Gasteiger partial charge on any atom is 0.306 e. The summed E-state index contributed by atoms with van der Waals surface area (Å²) in [5.74, 6) is 6.02. The molecule has 0 N–H and O–H groups in total. The summed E-state index contributed by atoms with van der Waals surface area (Å²) >= 11 is 0. The lowest BCUT2D eigenvalue weighted by Crippen LogP contribution is -2.51. The molecule has 0 saturated heterocycles. The van der Waals surface area contributed by atoms with Crippen LogP contribution < -0.4 is 0 Å². The molecule has 0 heterocycles. The van der Waals surface area contributed by atoms with Crippen molar-refractivity contribution in [2.75, 3.05) is 0 Å². The molecular formula is C46H74O2. The first kappa shape index (κ1) is 39.0. The van der Waals surface area contributed by atoms with E-state index >= 15 is 0 Å². The fourth-order valence-corrected chi connectivity index (χ4v) is 10.7. The van der Waals surface area contributed by atoms with Gasteiger partial charge in [-0.15, -0.1) is 0 Å². The van der Waals surface area contributed by atoms with Gasteiger partial charge in [-0.2, -0.15) is 0 Å². The topological polar surface area (TPSA) is 26.3 Å². The third kappa shape index (κ3) is 10.1. The number of fused-ring (bicyclic) bond motifs is 5. The van der Waals surface area contributed by atoms with Crippen LogP contribution in [0.4, 0.5) is 0 Å². The average Bonchev–Trinajstić information content (AvgIpc) is 3.42. The Morgan fingerprint density at radius 3 is 2.29 bits per heavy atom. The molecule has 9 atom stereocenters. The molecule has 3 saturated carbocycles. The smallest absolute Gasteiger partial charge is 0.306 e. The molecule has 0 amide bonds. The number of hydrogen-bond acceptors (Lipinski definition) is 2. The molecule has 4 rings (SSSR count). The Morgan fingerprint density at radius 1 is 0.833 bits per heavy atom. The summed E-state index contributed by atoms with van der Waals surface area (Å²) in [7, 11) is 0. The van der Waals surface area contributed by atoms with E-state index < -0.39 is 0 Å². The second-order valence-corrected chi connectivity index (χ2v) is 17.5. The number of allylic oxidation sites excluding steroid dienone is 9. The van der Waals surface area contributed by atoms with Crippen molar-refractivity contribution in [2.45, 2.75) is 170 Å². The lowest BCUT2D eigenvalue weighted by Gasteiger charge is -2.58. The van der Waals surface area contributed by atoms with Crippen molar-refractivity contribution in [2.24, 2.45) is 52.3 Å². The van der Waals surface area contributed by atoms with Crippen molar-refractivity contribution in [3.63, 3.8) is 0 Å². The van der Waals surface area contributed by atoms with Crippen LogP contribution in [0.15, 0.2) is 60.3 Å². The second-order valence-electron chi connectivity index (χ2n) is 17.5. The van der Waals surface area contributed by atoms with Crippen LogP contribution in [0, 0.1) is 52.3 Å². The molecule has 0 aromatic carbocycles. The van der Waals surface area contributed by atoms with Crippen LogP contribution in [0.2, 0.25) is 0 Å². The van der Waals surface area contributed by atoms with E-state index in [0.717, 1.165) is 80.0 Å². The van der Waals surface area contributed by atoms with E-state index in [1.54, 1.807) is 5.57 Å². The third-order valence-electron chi connectivity index (χ3n) is 14.1. The van der Waals surface area contributed by atoms with Crippen molar-refractivity contribution in [3.8, 4) is 0 Å². The number of hydrogen-bond donors (Lipinski definition) is 0. The monoisotopic (exact) mass is 659 g/mol. The molecule has 0 spiro atoms. The highest BCUT2D eigenvalue weighted by Gasteiger charge is 2.59. The van der Waals surface area contributed by atoms with Crippen molar-refractivity contribution in [3.05, 3.63) is 60.3 Å². The zero-order valence-corrected chi connectivity index (χ0v) is 32.4. The van der Waals surface area contributed by atoms with Gasteiger partial charge in [-0.3, -0.25) is 4.79 Å². The maximum absolute atomic E-state index is 12.8. The van der Waals surface area contributed by atoms with Crippen LogP contribution in [0.3, 0.4) is 0 Å². The van der Waals surface area contributed by atoms with E-state index in [-0.39, 0.29) is 12.1 Å². The van der Waals surface area contributed by atoms with Crippen molar-refractivity contribution < 1.29 is 9.53 Å². The Bertz CT molecular complexity index is 1140. The lowest BCUT2D eigenvalue weighted by molar-refractivity contribution is -0.151. The van der Waals surface area contributed by atoms with Gasteiger partial charge < -0.3 is 4.74 Å². The van der Waals surface area contributed by atoms with Crippen LogP contribution in [0.5, 0.6) is 0 Å². The summed E-state index contributed by atoms with van der Waals surface area (Å²) in [6, 6.07) is 0. The molecule has 0 aromatic rings. The number of unbranched alkanes of at least 4 members (excludes halogenated alkanes) is 5. The number of ether oxygens (including phenoxy) is 1. The molecule has 4 aliphatic carbocycles. The Hall–Kier alpha value is -1.83. The van der Waals surface area contributed by atoms with E-state index in [4.69, 9.17) is 4.74 Å². The van der Waals surface area contributed by atoms with Gasteiger partial charge in [-0.05, 0) is 123 Å². The van der Waals surface area contributed by atoms with Gasteiger partial charge >= 0.3 is 5.97 Å². The zero-order valence-electron chi connectivity index (χ0n) is 32.4. The maximum atomic E-state index is 12.8. The highest BCUT2D eigenvalue weighted by atomic mass is 16.5. The van der Waals surface area contributed by atoms with E-state index in [1.807, 2.05) is 0 Å². The van der Waals surface area contributed by atoms with Crippen molar-refractivity contribution in [1.82, 2.24) is 0 Å². The summed E-state index contributed by atoms with van der Waals surface area (Å²) in [6.45, 7) is 17.3. The van der Waals surface area contributed by atoms with Gasteiger partial charge in [-0.25, -0.2) is 0 Å². The summed E-state index contributed by atoms with van der Waals surface area (Å²) in [4.78, 5) is 12.8. The molecule has 3 fully saturated rings. The fraction of sp³-hybridized carbons (Fsp3) is 0.761. The standard InChI is InChI=1S/C46H74O2/c1-8-9-10-11-12-13-14-15-16-17-18-19-20-21-22-23-44(47)48-39-30-32-45(6)38(34-39)26-27-40-42-29-28-41(46(42,7)33-31-43(40)45)37(5)25-24-36(4)35(2)3/h9-16,26,35-37,39-43H,8,17-25,27-34H2,1-7H3/b10-9+,12-11+,14-13+,16-15-. The van der Waals surface area contributed by atoms with E-state index in [2.05, 4.69) is 103 Å². The zero-order chi connectivity index (χ0) is 34.6. The molecule has 2 heteroatoms. The van der Waals surface area contributed by atoms with Crippen molar-refractivity contribution in [1.29, 1.82) is 0 Å². The minimum atomic E-state index is 0.0363. The van der Waals surface area contributed by atoms with E-state index in [0.29, 0.717) is 17.3 Å². The molecule has 270 valence electrons. The molecule has 9 unspecified atom stereocenters. The van der Waals surface area contributed by atoms with Gasteiger partial charge in [0.15, 0.2) is 0 Å². The average molecular weight is 659 g/mol. The van der Waals surface area contributed by atoms with Crippen molar-refractivity contribution >= 4 is 5.97 Å². The Morgan fingerprint density at radius 2 is 1.54 bits per heavy atom. The molecular weight excluding hydrogens is 585 g/mol. The number of carbonyl (C=O) groups excluding carboxylic acids is 1. The van der Waals surface area contributed by atoms with Gasteiger partial charge in [0.05, 0.1) is 0 Å². The first-order chi connectivity index (χ1) is 23.1. The molecule has 4 aliphatic rings. The number of esters is 1. The number of rotatable bonds is 18. The van der Waals surface area contributed by atoms with Gasteiger partial charge in [0.1, 0.15) is 6.10 Å². The van der Waals surface area contributed by atoms with Crippen LogP contribution >= 0.6 is 0 Å². The highest BCUT2D eigenvalue weighted by molar-refractivity contribution is 5.69. The van der Waals surface area contributed by atoms with Crippen LogP contribution in [-0.2, 0) is 9.53 Å². The van der Waals surface area contributed by atoms with Gasteiger partial charge in [-0.1, -0.05) is 141 Å². The first-order valence-electron chi connectivity index (χ1n) is 20.6. The normalized spacial score (nSPS) is 33.3. The first-order valence-corrected chi connectivity index (χ1v) is 20.6. The molecule has 0 aromatic heterocycles. The molecule has 0 aliphatic heterocycles. The lowest BCUT2D eigenvalue weighted by atomic mass is 9.47. The Labute approximate surface area is 297 Å². The second kappa shape index (κ2) is 19.0. The molecule has 0 radical (unpaired) electrons. The molecule has 0 bridgehead atoms. The quantitative estimate of drug-likeness (QED) is 0.0634. The van der Waals surface area contributed by atoms with E-state index in [9.17, 15) is 4.79 Å². The van der Waals surface area contributed by atoms with Gasteiger partial charge in [0.25, 0.3) is 0 Å². The van der Waals surface area contributed by atoms with Gasteiger partial charge in [0.2, 0.25) is 0 Å². The summed E-state index contributed by atoms with van der Waals surface area (Å²) < 4.78 is 6.12. The Kier molecular flexibility index (Phi) is 15.4. The Balaban J connectivity index is 1.15. The van der Waals surface area contributed by atoms with Crippen LogP contribution in [0.1, 0.15) is 164 Å². The SMILES string of the molecule is CC/C=C/C=C/C=C/C=C\CCCCCCCC(=O)OC1CCC2(C)C(=CCC3C2CCC2(C)C(C(C)CCC(C)C(C)C)CCC32)C1. The summed E-state index contributed by atoms with van der Waals surface area (Å²) in [6.07, 6.45) is 41.3. The van der Waals surface area contributed by atoms with Gasteiger partial charge in [0, 0.05) is 12.8 Å². The predicted octanol–water partition coefficient (Wildman–Crippen LogP) is 13.6. The highest BCUT2D eigenvalue weighted by Crippen LogP contribution is 2.67. The molecule has 2 nitrogen and oxygen atoms in total. The third-order valence-corrected chi connectivity index (χ3v) is 14.1. The summed E-state index contributed by atoms with van der Waals surface area (Å²) in [5, 5.41) is 0. The van der Waals surface area contributed by atoms with Crippen LogP contribution in [0.25, 0.3) is 0 Å². The predicted molar refractivity (Wildman–Crippen MR) is 207 cm³/mol. The number of carbonyl (C=O) groups is 1. The fourth-order valence-electron chi connectivity index (χ4n) is 10.7. The van der Waals surface area contributed by atoms with Crippen LogP contribution in [-0.4, -0.2) is 12.1 Å². The summed E-state index contributed by atoms with van der Waals surface area (Å²) in [5.41, 5.74) is 2.48. The largest absolute Gasteiger partial charge is 0.462 e. The van der Waals surface area contributed by atoms with E-state index in [1.165, 1.54) is 70.6 Å². The molecule has 48 heavy (non-hydrogen) atoms. The minimum absolute atomic E-state index is 0.0363.